The molecule has 0 aliphatic rings. The van der Waals surface area contributed by atoms with Gasteiger partial charge in [0.2, 0.25) is 0 Å². The predicted molar refractivity (Wildman–Crippen MR) is 90.4 cm³/mol. The first-order valence-electron chi connectivity index (χ1n) is 6.02. The van der Waals surface area contributed by atoms with Crippen LogP contribution in [0.2, 0.25) is 0 Å². The van der Waals surface area contributed by atoms with Crippen LogP contribution in [0.4, 0.5) is 4.39 Å². The molecule has 1 unspecified atom stereocenters. The largest absolute Gasteiger partial charge is 0.493 e. The summed E-state index contributed by atoms with van der Waals surface area (Å²) in [6.45, 7) is 0. The third-order valence-corrected chi connectivity index (χ3v) is 4.53. The third kappa shape index (κ3) is 3.49. The smallest absolute Gasteiger partial charge is 0.163 e. The molecular formula is C15H13BrFIO3. The number of hydrogen-bond acceptors (Lipinski definition) is 3. The van der Waals surface area contributed by atoms with E-state index in [0.29, 0.717) is 11.3 Å². The van der Waals surface area contributed by atoms with Gasteiger partial charge in [-0.3, -0.25) is 0 Å². The molecule has 0 fully saturated rings. The molecular weight excluding hydrogens is 454 g/mol. The molecule has 2 aromatic carbocycles. The van der Waals surface area contributed by atoms with Gasteiger partial charge in [-0.1, -0.05) is 15.9 Å². The highest BCUT2D eigenvalue weighted by atomic mass is 127. The van der Waals surface area contributed by atoms with Gasteiger partial charge in [-0.05, 0) is 52.4 Å². The minimum Gasteiger partial charge on any atom is -0.493 e. The van der Waals surface area contributed by atoms with Gasteiger partial charge < -0.3 is 14.6 Å². The van der Waals surface area contributed by atoms with E-state index in [1.807, 2.05) is 12.1 Å². The summed E-state index contributed by atoms with van der Waals surface area (Å²) in [5.41, 5.74) is 0.764. The monoisotopic (exact) mass is 466 g/mol. The first kappa shape index (κ1) is 16.5. The zero-order valence-corrected chi connectivity index (χ0v) is 15.1. The van der Waals surface area contributed by atoms with Crippen LogP contribution >= 0.6 is 38.5 Å². The van der Waals surface area contributed by atoms with Crippen LogP contribution in [0, 0.1) is 9.39 Å². The lowest BCUT2D eigenvalue weighted by Crippen LogP contribution is -2.06. The van der Waals surface area contributed by atoms with Crippen molar-refractivity contribution in [1.82, 2.24) is 0 Å². The Morgan fingerprint density at radius 3 is 2.33 bits per heavy atom. The van der Waals surface area contributed by atoms with Crippen molar-refractivity contribution in [3.05, 3.63) is 55.3 Å². The number of ether oxygens (including phenoxy) is 2. The third-order valence-electron chi connectivity index (χ3n) is 3.05. The average Bonchev–Trinajstić information content (AvgIpc) is 2.48. The first-order chi connectivity index (χ1) is 9.97. The summed E-state index contributed by atoms with van der Waals surface area (Å²) in [7, 11) is 2.90. The summed E-state index contributed by atoms with van der Waals surface area (Å²) in [5, 5.41) is 10.5. The second-order valence-corrected chi connectivity index (χ2v) is 6.37. The maximum Gasteiger partial charge on any atom is 0.163 e. The fraction of sp³-hybridized carbons (Fsp3) is 0.200. The first-order valence-corrected chi connectivity index (χ1v) is 7.89. The second-order valence-electron chi connectivity index (χ2n) is 4.30. The summed E-state index contributed by atoms with van der Waals surface area (Å²) in [4.78, 5) is 0. The molecule has 0 spiro atoms. The molecule has 1 atom stereocenters. The van der Waals surface area contributed by atoms with E-state index in [2.05, 4.69) is 38.5 Å². The van der Waals surface area contributed by atoms with E-state index in [0.717, 1.165) is 8.04 Å². The minimum atomic E-state index is -1.09. The van der Waals surface area contributed by atoms with Gasteiger partial charge in [0.15, 0.2) is 11.5 Å². The van der Waals surface area contributed by atoms with Gasteiger partial charge in [0, 0.05) is 19.7 Å². The topological polar surface area (TPSA) is 38.7 Å². The van der Waals surface area contributed by atoms with Crippen LogP contribution in [0.25, 0.3) is 0 Å². The molecule has 0 heterocycles. The number of halogens is 3. The molecule has 2 rings (SSSR count). The number of benzene rings is 2. The summed E-state index contributed by atoms with van der Waals surface area (Å²) >= 11 is 5.46. The average molecular weight is 467 g/mol. The molecule has 1 N–H and O–H groups in total. The maximum atomic E-state index is 14.2. The van der Waals surface area contributed by atoms with Crippen LogP contribution < -0.4 is 9.47 Å². The number of aliphatic hydroxyl groups excluding tert-OH is 1. The lowest BCUT2D eigenvalue weighted by molar-refractivity contribution is 0.213. The lowest BCUT2D eigenvalue weighted by atomic mass is 10.0. The van der Waals surface area contributed by atoms with Crippen molar-refractivity contribution >= 4 is 38.5 Å². The summed E-state index contributed by atoms with van der Waals surface area (Å²) < 4.78 is 26.1. The van der Waals surface area contributed by atoms with Gasteiger partial charge in [0.1, 0.15) is 11.9 Å². The van der Waals surface area contributed by atoms with Crippen molar-refractivity contribution in [3.8, 4) is 11.5 Å². The fourth-order valence-electron chi connectivity index (χ4n) is 1.97. The zero-order valence-electron chi connectivity index (χ0n) is 11.4. The minimum absolute atomic E-state index is 0.142. The molecule has 0 amide bonds. The Morgan fingerprint density at radius 1 is 1.10 bits per heavy atom. The molecule has 21 heavy (non-hydrogen) atoms. The predicted octanol–water partition coefficient (Wildman–Crippen LogP) is 4.29. The van der Waals surface area contributed by atoms with E-state index in [4.69, 9.17) is 9.47 Å². The van der Waals surface area contributed by atoms with Crippen LogP contribution in [0.1, 0.15) is 17.2 Å². The molecule has 6 heteroatoms. The number of aliphatic hydroxyl groups is 1. The zero-order chi connectivity index (χ0) is 15.6. The quantitative estimate of drug-likeness (QED) is 0.683. The van der Waals surface area contributed by atoms with Crippen molar-refractivity contribution in [2.45, 2.75) is 6.10 Å². The number of methoxy groups -OCH3 is 2. The Morgan fingerprint density at radius 2 is 1.71 bits per heavy atom. The summed E-state index contributed by atoms with van der Waals surface area (Å²) in [6, 6.07) is 8.14. The Bertz CT molecular complexity index is 664. The number of hydrogen-bond donors (Lipinski definition) is 1. The SMILES string of the molecule is COc1cc(F)c(C(O)c2cc(Br)ccc2I)cc1OC. The van der Waals surface area contributed by atoms with Gasteiger partial charge in [-0.25, -0.2) is 4.39 Å². The van der Waals surface area contributed by atoms with Crippen molar-refractivity contribution < 1.29 is 19.0 Å². The highest BCUT2D eigenvalue weighted by Crippen LogP contribution is 2.36. The van der Waals surface area contributed by atoms with Crippen LogP contribution in [0.15, 0.2) is 34.8 Å². The van der Waals surface area contributed by atoms with Gasteiger partial charge >= 0.3 is 0 Å². The van der Waals surface area contributed by atoms with Crippen LogP contribution in [0.5, 0.6) is 11.5 Å². The Kier molecular flexibility index (Phi) is 5.45. The lowest BCUT2D eigenvalue weighted by Gasteiger charge is -2.17. The molecule has 0 saturated heterocycles. The van der Waals surface area contributed by atoms with Crippen molar-refractivity contribution in [2.75, 3.05) is 14.2 Å². The molecule has 112 valence electrons. The van der Waals surface area contributed by atoms with E-state index in [-0.39, 0.29) is 11.3 Å². The molecule has 0 aliphatic carbocycles. The molecule has 3 nitrogen and oxygen atoms in total. The maximum absolute atomic E-state index is 14.2. The number of rotatable bonds is 4. The highest BCUT2D eigenvalue weighted by Gasteiger charge is 2.21. The molecule has 0 bridgehead atoms. The Balaban J connectivity index is 2.52. The van der Waals surface area contributed by atoms with Gasteiger partial charge in [-0.15, -0.1) is 0 Å². The van der Waals surface area contributed by atoms with Crippen LogP contribution in [-0.4, -0.2) is 19.3 Å². The Labute approximate surface area is 144 Å². The van der Waals surface area contributed by atoms with E-state index in [9.17, 15) is 9.50 Å². The standard InChI is InChI=1S/C15H13BrFIO3/c1-20-13-6-9(11(17)7-14(13)21-2)15(19)10-5-8(16)3-4-12(10)18/h3-7,15,19H,1-2H3. The molecule has 0 aromatic heterocycles. The molecule has 0 radical (unpaired) electrons. The van der Waals surface area contributed by atoms with Crippen molar-refractivity contribution in [1.29, 1.82) is 0 Å². The van der Waals surface area contributed by atoms with Crippen LogP contribution in [0.3, 0.4) is 0 Å². The van der Waals surface area contributed by atoms with Crippen molar-refractivity contribution in [2.24, 2.45) is 0 Å². The van der Waals surface area contributed by atoms with Gasteiger partial charge in [0.25, 0.3) is 0 Å². The van der Waals surface area contributed by atoms with Crippen LogP contribution in [-0.2, 0) is 0 Å². The second kappa shape index (κ2) is 6.93. The summed E-state index contributed by atoms with van der Waals surface area (Å²) in [5.74, 6) is 0.115. The van der Waals surface area contributed by atoms with E-state index in [1.165, 1.54) is 26.4 Å². The molecule has 0 saturated carbocycles. The highest BCUT2D eigenvalue weighted by molar-refractivity contribution is 14.1. The Hall–Kier alpha value is -0.860. The fourth-order valence-corrected chi connectivity index (χ4v) is 2.98. The normalized spacial score (nSPS) is 12.1. The van der Waals surface area contributed by atoms with Crippen molar-refractivity contribution in [3.63, 3.8) is 0 Å². The van der Waals surface area contributed by atoms with E-state index in [1.54, 1.807) is 6.07 Å². The van der Waals surface area contributed by atoms with Gasteiger partial charge in [-0.2, -0.15) is 0 Å². The van der Waals surface area contributed by atoms with E-state index < -0.39 is 11.9 Å². The molecule has 2 aromatic rings. The van der Waals surface area contributed by atoms with Gasteiger partial charge in [0.05, 0.1) is 14.2 Å². The van der Waals surface area contributed by atoms with E-state index >= 15 is 0 Å². The summed E-state index contributed by atoms with van der Waals surface area (Å²) in [6.07, 6.45) is -1.09. The molecule has 0 aliphatic heterocycles.